The molecular weight excluding hydrogens is 377 g/mol. The number of imidazole rings is 1. The minimum absolute atomic E-state index is 0. The zero-order valence-electron chi connectivity index (χ0n) is 16.3. The van der Waals surface area contributed by atoms with Gasteiger partial charge in [-0.15, -0.1) is 0 Å². The van der Waals surface area contributed by atoms with E-state index in [4.69, 9.17) is 14.2 Å². The summed E-state index contributed by atoms with van der Waals surface area (Å²) in [7, 11) is -1.32. The van der Waals surface area contributed by atoms with Gasteiger partial charge in [-0.3, -0.25) is 9.19 Å². The van der Waals surface area contributed by atoms with Crippen molar-refractivity contribution in [2.75, 3.05) is 20.0 Å². The minimum Gasteiger partial charge on any atom is -1.00 e. The molecule has 9 heteroatoms. The first-order chi connectivity index (χ1) is 12.7. The van der Waals surface area contributed by atoms with Crippen LogP contribution in [-0.4, -0.2) is 45.3 Å². The number of rotatable bonds is 6. The summed E-state index contributed by atoms with van der Waals surface area (Å²) >= 11 is 0. The third kappa shape index (κ3) is 4.77. The van der Waals surface area contributed by atoms with E-state index in [1.165, 1.54) is 0 Å². The van der Waals surface area contributed by atoms with Gasteiger partial charge in [0.1, 0.15) is 25.3 Å². The molecule has 3 aromatic rings. The Bertz CT molecular complexity index is 916. The van der Waals surface area contributed by atoms with Gasteiger partial charge in [-0.1, -0.05) is 12.1 Å². The number of pyridine rings is 1. The Balaban J connectivity index is 0.00000140. The van der Waals surface area contributed by atoms with Crippen molar-refractivity contribution in [3.63, 3.8) is 0 Å². The molecule has 1 saturated heterocycles. The minimum atomic E-state index is -1.32. The number of para-hydroxylation sites is 2. The third-order valence-electron chi connectivity index (χ3n) is 4.23. The van der Waals surface area contributed by atoms with E-state index >= 15 is 0 Å². The number of hydrogen-bond donors (Lipinski definition) is 1. The fourth-order valence-electron chi connectivity index (χ4n) is 2.74. The van der Waals surface area contributed by atoms with Gasteiger partial charge < -0.3 is 20.6 Å². The molecule has 1 fully saturated rings. The summed E-state index contributed by atoms with van der Waals surface area (Å²) in [6, 6.07) is 9.42. The monoisotopic (exact) mass is 397 g/mol. The van der Waals surface area contributed by atoms with Gasteiger partial charge in [0.05, 0.1) is 39.9 Å². The molecule has 1 N–H and O–H groups in total. The van der Waals surface area contributed by atoms with Crippen LogP contribution in [0.4, 0.5) is 0 Å². The number of aromatic nitrogens is 3. The van der Waals surface area contributed by atoms with Gasteiger partial charge in [0.2, 0.25) is 0 Å². The molecule has 2 aromatic heterocycles. The largest absolute Gasteiger partial charge is 1.00 e. The van der Waals surface area contributed by atoms with E-state index in [0.717, 1.165) is 22.3 Å². The van der Waals surface area contributed by atoms with Gasteiger partial charge in [0, 0.05) is 11.8 Å². The number of aromatic amines is 1. The normalized spacial score (nSPS) is 17.6. The molecule has 2 unspecified atom stereocenters. The Morgan fingerprint density at radius 3 is 3.00 bits per heavy atom. The second-order valence-corrected chi connectivity index (χ2v) is 7.38. The van der Waals surface area contributed by atoms with Crippen molar-refractivity contribution in [3.8, 4) is 5.75 Å². The summed E-state index contributed by atoms with van der Waals surface area (Å²) in [6.45, 7) is 3.18. The maximum absolute atomic E-state index is 12.7. The number of H-pyrrole nitrogens is 1. The van der Waals surface area contributed by atoms with E-state index < -0.39 is 10.8 Å². The van der Waals surface area contributed by atoms with Crippen molar-refractivity contribution in [2.24, 2.45) is 0 Å². The van der Waals surface area contributed by atoms with Crippen molar-refractivity contribution in [1.82, 2.24) is 15.0 Å². The standard InChI is InChI=1S/C18H19N3O4S.Na.H/c1-12-16(19-7-6-17(12)24-9-13-8-23-11-25-13)10-26(22)18-20-14-4-2-3-5-15(14)21-18;;/h2-7,13H,8-11H2,1H3,(H,20,21);;/q;+1;-1. The summed E-state index contributed by atoms with van der Waals surface area (Å²) < 4.78 is 29.1. The van der Waals surface area contributed by atoms with E-state index in [9.17, 15) is 4.21 Å². The Labute approximate surface area is 183 Å². The van der Waals surface area contributed by atoms with Gasteiger partial charge >= 0.3 is 29.6 Å². The SMILES string of the molecule is Cc1c(OCC2COCO2)ccnc1CS(=O)c1nc2ccccc2[nH]1.[H-].[Na+]. The van der Waals surface area contributed by atoms with Crippen molar-refractivity contribution >= 4 is 21.8 Å². The molecule has 1 aliphatic heterocycles. The predicted molar refractivity (Wildman–Crippen MR) is 97.5 cm³/mol. The number of fused-ring (bicyclic) bond motifs is 1. The van der Waals surface area contributed by atoms with Crippen LogP contribution in [0.15, 0.2) is 41.7 Å². The van der Waals surface area contributed by atoms with E-state index in [1.807, 2.05) is 31.2 Å². The average molecular weight is 397 g/mol. The van der Waals surface area contributed by atoms with Crippen LogP contribution in [0.3, 0.4) is 0 Å². The van der Waals surface area contributed by atoms with Crippen molar-refractivity contribution < 1.29 is 49.4 Å². The van der Waals surface area contributed by atoms with Crippen LogP contribution in [0.25, 0.3) is 11.0 Å². The Morgan fingerprint density at radius 2 is 2.22 bits per heavy atom. The molecule has 0 saturated carbocycles. The fraction of sp³-hybridized carbons (Fsp3) is 0.333. The van der Waals surface area contributed by atoms with Crippen molar-refractivity contribution in [1.29, 1.82) is 0 Å². The molecule has 138 valence electrons. The van der Waals surface area contributed by atoms with Crippen molar-refractivity contribution in [3.05, 3.63) is 47.8 Å². The van der Waals surface area contributed by atoms with Gasteiger partial charge in [0.15, 0.2) is 5.16 Å². The van der Waals surface area contributed by atoms with Crippen molar-refractivity contribution in [2.45, 2.75) is 23.9 Å². The first-order valence-electron chi connectivity index (χ1n) is 8.30. The van der Waals surface area contributed by atoms with Crippen LogP contribution >= 0.6 is 0 Å². The first-order valence-corrected chi connectivity index (χ1v) is 9.62. The van der Waals surface area contributed by atoms with Crippen LogP contribution in [0.5, 0.6) is 5.75 Å². The van der Waals surface area contributed by atoms with E-state index in [0.29, 0.717) is 30.9 Å². The topological polar surface area (TPSA) is 86.3 Å². The Morgan fingerprint density at radius 1 is 1.37 bits per heavy atom. The molecule has 1 aromatic carbocycles. The summed E-state index contributed by atoms with van der Waals surface area (Å²) in [5, 5.41) is 0.454. The number of nitrogens with one attached hydrogen (secondary N) is 1. The second-order valence-electron chi connectivity index (χ2n) is 6.02. The maximum atomic E-state index is 12.7. The number of benzene rings is 1. The van der Waals surface area contributed by atoms with E-state index in [1.54, 1.807) is 12.3 Å². The fourth-order valence-corrected chi connectivity index (χ4v) is 3.84. The summed E-state index contributed by atoms with van der Waals surface area (Å²) in [5.41, 5.74) is 3.27. The van der Waals surface area contributed by atoms with Crippen LogP contribution in [0.2, 0.25) is 0 Å². The molecule has 27 heavy (non-hydrogen) atoms. The van der Waals surface area contributed by atoms with Gasteiger partial charge in [-0.05, 0) is 25.1 Å². The Hall–Kier alpha value is -1.29. The molecule has 4 rings (SSSR count). The van der Waals surface area contributed by atoms with Gasteiger partial charge in [-0.25, -0.2) is 4.98 Å². The average Bonchev–Trinajstić information content (AvgIpc) is 3.31. The second kappa shape index (κ2) is 9.27. The van der Waals surface area contributed by atoms with Crippen LogP contribution in [-0.2, 0) is 26.0 Å². The molecule has 0 bridgehead atoms. The molecule has 0 aliphatic carbocycles. The molecule has 0 amide bonds. The zero-order valence-corrected chi connectivity index (χ0v) is 18.1. The molecule has 3 heterocycles. The first kappa shape index (κ1) is 20.4. The Kier molecular flexibility index (Phi) is 7.02. The molecule has 2 atom stereocenters. The van der Waals surface area contributed by atoms with Crippen LogP contribution in [0, 0.1) is 6.92 Å². The van der Waals surface area contributed by atoms with Gasteiger partial charge in [0.25, 0.3) is 0 Å². The predicted octanol–water partition coefficient (Wildman–Crippen LogP) is -0.558. The van der Waals surface area contributed by atoms with Crippen LogP contribution < -0.4 is 34.3 Å². The number of ether oxygens (including phenoxy) is 3. The molecule has 0 radical (unpaired) electrons. The summed E-state index contributed by atoms with van der Waals surface area (Å²) in [6.07, 6.45) is 1.61. The smallest absolute Gasteiger partial charge is 1.00 e. The number of hydrogen-bond acceptors (Lipinski definition) is 6. The summed E-state index contributed by atoms with van der Waals surface area (Å²) in [4.78, 5) is 11.9. The number of nitrogens with zero attached hydrogens (tertiary/aromatic N) is 2. The third-order valence-corrected chi connectivity index (χ3v) is 5.39. The molecule has 0 spiro atoms. The molecule has 7 nitrogen and oxygen atoms in total. The van der Waals surface area contributed by atoms with Crippen LogP contribution in [0.1, 0.15) is 12.7 Å². The molecule has 1 aliphatic rings. The summed E-state index contributed by atoms with van der Waals surface area (Å²) in [5.74, 6) is 0.985. The maximum Gasteiger partial charge on any atom is 1.00 e. The zero-order chi connectivity index (χ0) is 17.9. The quantitative estimate of drug-likeness (QED) is 0.562. The van der Waals surface area contributed by atoms with E-state index in [-0.39, 0.29) is 42.8 Å². The van der Waals surface area contributed by atoms with E-state index in [2.05, 4.69) is 15.0 Å². The molecular formula is C18H20N3NaO4S. The van der Waals surface area contributed by atoms with Gasteiger partial charge in [-0.2, -0.15) is 0 Å².